The Hall–Kier alpha value is -1.93. The molecule has 1 amide bonds. The largest absolute Gasteiger partial charge is 0.377 e. The molecule has 8 nitrogen and oxygen atoms in total. The summed E-state index contributed by atoms with van der Waals surface area (Å²) in [4.78, 5) is 20.2. The molecule has 0 fully saturated rings. The lowest BCUT2D eigenvalue weighted by molar-refractivity contribution is -0.121. The minimum Gasteiger partial charge on any atom is -0.377 e. The predicted octanol–water partition coefficient (Wildman–Crippen LogP) is 0.235. The number of nitrogens with one attached hydrogen (secondary N) is 3. The molecule has 0 aliphatic heterocycles. The highest BCUT2D eigenvalue weighted by Gasteiger charge is 2.13. The molecule has 0 aliphatic rings. The highest BCUT2D eigenvalue weighted by atomic mass is 16.5. The van der Waals surface area contributed by atoms with Gasteiger partial charge in [0.2, 0.25) is 5.91 Å². The first kappa shape index (κ1) is 16.1. The number of nitrogens with zero attached hydrogens (tertiary/aromatic N) is 2. The number of hydrogen-bond acceptors (Lipinski definition) is 7. The number of hydrogen-bond donors (Lipinski definition) is 4. The van der Waals surface area contributed by atoms with Crippen LogP contribution in [0.15, 0.2) is 6.07 Å². The van der Waals surface area contributed by atoms with Gasteiger partial charge in [-0.3, -0.25) is 4.79 Å². The molecule has 1 heterocycles. The van der Waals surface area contributed by atoms with E-state index in [4.69, 9.17) is 10.6 Å². The molecule has 0 saturated carbocycles. The normalized spacial score (nSPS) is 11.8. The van der Waals surface area contributed by atoms with Gasteiger partial charge in [0.25, 0.3) is 0 Å². The molecule has 5 N–H and O–H groups in total. The van der Waals surface area contributed by atoms with Crippen molar-refractivity contribution in [3.8, 4) is 0 Å². The standard InChI is InChI=1S/C12H22N6O2/c1-4-5-14-12(19)8(2)15-9-6-10(18-13)17-11(16-9)7-20-3/h6,8H,4-5,7,13H2,1-3H3,(H,14,19)(H2,15,16,17,18). The maximum atomic E-state index is 11.8. The molecule has 0 spiro atoms. The number of carbonyl (C=O) groups excluding carboxylic acids is 1. The molecule has 1 aromatic rings. The Morgan fingerprint density at radius 1 is 1.45 bits per heavy atom. The third kappa shape index (κ3) is 4.98. The topological polar surface area (TPSA) is 114 Å². The quantitative estimate of drug-likeness (QED) is 0.399. The number of rotatable bonds is 8. The average Bonchev–Trinajstić information content (AvgIpc) is 2.44. The maximum absolute atomic E-state index is 11.8. The molecular weight excluding hydrogens is 260 g/mol. The van der Waals surface area contributed by atoms with Crippen LogP contribution in [-0.2, 0) is 16.1 Å². The molecule has 0 aliphatic carbocycles. The molecule has 8 heteroatoms. The van der Waals surface area contributed by atoms with Crippen molar-refractivity contribution >= 4 is 17.5 Å². The summed E-state index contributed by atoms with van der Waals surface area (Å²) < 4.78 is 4.99. The molecule has 0 bridgehead atoms. The van der Waals surface area contributed by atoms with Gasteiger partial charge in [0.15, 0.2) is 5.82 Å². The van der Waals surface area contributed by atoms with Crippen LogP contribution >= 0.6 is 0 Å². The van der Waals surface area contributed by atoms with E-state index in [1.165, 1.54) is 0 Å². The van der Waals surface area contributed by atoms with E-state index in [-0.39, 0.29) is 12.5 Å². The number of hydrazine groups is 1. The van der Waals surface area contributed by atoms with Gasteiger partial charge in [-0.1, -0.05) is 6.92 Å². The van der Waals surface area contributed by atoms with Crippen LogP contribution in [0.3, 0.4) is 0 Å². The summed E-state index contributed by atoms with van der Waals surface area (Å²) in [5.74, 6) is 6.72. The summed E-state index contributed by atoms with van der Waals surface area (Å²) in [6, 6.07) is 1.22. The van der Waals surface area contributed by atoms with E-state index >= 15 is 0 Å². The van der Waals surface area contributed by atoms with Gasteiger partial charge in [-0.05, 0) is 13.3 Å². The van der Waals surface area contributed by atoms with Crippen molar-refractivity contribution < 1.29 is 9.53 Å². The molecule has 20 heavy (non-hydrogen) atoms. The highest BCUT2D eigenvalue weighted by molar-refractivity contribution is 5.83. The third-order valence-electron chi connectivity index (χ3n) is 2.50. The third-order valence-corrected chi connectivity index (χ3v) is 2.50. The second-order valence-electron chi connectivity index (χ2n) is 4.29. The van der Waals surface area contributed by atoms with Crippen LogP contribution < -0.4 is 21.9 Å². The van der Waals surface area contributed by atoms with Gasteiger partial charge in [-0.25, -0.2) is 15.8 Å². The lowest BCUT2D eigenvalue weighted by atomic mass is 10.3. The highest BCUT2D eigenvalue weighted by Crippen LogP contribution is 2.12. The number of ether oxygens (including phenoxy) is 1. The van der Waals surface area contributed by atoms with Crippen LogP contribution in [0.5, 0.6) is 0 Å². The van der Waals surface area contributed by atoms with E-state index in [9.17, 15) is 4.79 Å². The van der Waals surface area contributed by atoms with Crippen LogP contribution in [-0.4, -0.2) is 35.6 Å². The number of anilines is 2. The van der Waals surface area contributed by atoms with E-state index in [1.54, 1.807) is 20.1 Å². The van der Waals surface area contributed by atoms with Crippen molar-refractivity contribution in [1.82, 2.24) is 15.3 Å². The molecule has 0 aromatic carbocycles. The van der Waals surface area contributed by atoms with Gasteiger partial charge in [0, 0.05) is 19.7 Å². The zero-order valence-corrected chi connectivity index (χ0v) is 12.1. The molecule has 1 atom stereocenters. The first-order valence-electron chi connectivity index (χ1n) is 6.48. The molecule has 1 aromatic heterocycles. The Kier molecular flexibility index (Phi) is 6.68. The van der Waals surface area contributed by atoms with E-state index in [2.05, 4.69) is 26.0 Å². The summed E-state index contributed by atoms with van der Waals surface area (Å²) in [6.07, 6.45) is 0.894. The molecule has 0 saturated heterocycles. The molecular formula is C12H22N6O2. The SMILES string of the molecule is CCCNC(=O)C(C)Nc1cc(NN)nc(COC)n1. The monoisotopic (exact) mass is 282 g/mol. The van der Waals surface area contributed by atoms with Crippen molar-refractivity contribution in [3.05, 3.63) is 11.9 Å². The average molecular weight is 282 g/mol. The summed E-state index contributed by atoms with van der Waals surface area (Å²) in [5, 5.41) is 5.82. The van der Waals surface area contributed by atoms with Crippen LogP contribution in [0, 0.1) is 0 Å². The zero-order valence-electron chi connectivity index (χ0n) is 12.1. The molecule has 1 unspecified atom stereocenters. The van der Waals surface area contributed by atoms with Crippen LogP contribution in [0.4, 0.5) is 11.6 Å². The van der Waals surface area contributed by atoms with Crippen molar-refractivity contribution in [2.45, 2.75) is 32.9 Å². The summed E-state index contributed by atoms with van der Waals surface area (Å²) >= 11 is 0. The number of nitrogens with two attached hydrogens (primary N) is 1. The first-order chi connectivity index (χ1) is 9.60. The van der Waals surface area contributed by atoms with Gasteiger partial charge < -0.3 is 20.8 Å². The smallest absolute Gasteiger partial charge is 0.242 e. The Labute approximate surface area is 118 Å². The summed E-state index contributed by atoms with van der Waals surface area (Å²) in [7, 11) is 1.56. The lowest BCUT2D eigenvalue weighted by Crippen LogP contribution is -2.38. The van der Waals surface area contributed by atoms with Crippen molar-refractivity contribution in [1.29, 1.82) is 0 Å². The molecule has 1 rings (SSSR count). The Morgan fingerprint density at radius 2 is 2.15 bits per heavy atom. The van der Waals surface area contributed by atoms with E-state index in [0.717, 1.165) is 6.42 Å². The number of methoxy groups -OCH3 is 1. The number of nitrogen functional groups attached to an aromatic ring is 1. The van der Waals surface area contributed by atoms with Crippen molar-refractivity contribution in [2.75, 3.05) is 24.4 Å². The predicted molar refractivity (Wildman–Crippen MR) is 76.9 cm³/mol. The van der Waals surface area contributed by atoms with E-state index < -0.39 is 6.04 Å². The lowest BCUT2D eigenvalue weighted by Gasteiger charge is -2.15. The van der Waals surface area contributed by atoms with Crippen LogP contribution in [0.2, 0.25) is 0 Å². The van der Waals surface area contributed by atoms with Gasteiger partial charge in [0.1, 0.15) is 24.3 Å². The Balaban J connectivity index is 2.74. The second kappa shape index (κ2) is 8.28. The minimum atomic E-state index is -0.405. The number of carbonyl (C=O) groups is 1. The fraction of sp³-hybridized carbons (Fsp3) is 0.583. The Morgan fingerprint density at radius 3 is 2.75 bits per heavy atom. The first-order valence-corrected chi connectivity index (χ1v) is 6.48. The maximum Gasteiger partial charge on any atom is 0.242 e. The summed E-state index contributed by atoms with van der Waals surface area (Å²) in [5.41, 5.74) is 2.46. The fourth-order valence-corrected chi connectivity index (χ4v) is 1.53. The zero-order chi connectivity index (χ0) is 15.0. The number of aromatic nitrogens is 2. The minimum absolute atomic E-state index is 0.0824. The van der Waals surface area contributed by atoms with Gasteiger partial charge in [-0.15, -0.1) is 0 Å². The van der Waals surface area contributed by atoms with Crippen LogP contribution in [0.1, 0.15) is 26.1 Å². The molecule has 112 valence electrons. The molecule has 0 radical (unpaired) electrons. The van der Waals surface area contributed by atoms with Gasteiger partial charge >= 0.3 is 0 Å². The van der Waals surface area contributed by atoms with Crippen molar-refractivity contribution in [3.63, 3.8) is 0 Å². The van der Waals surface area contributed by atoms with Crippen molar-refractivity contribution in [2.24, 2.45) is 5.84 Å². The van der Waals surface area contributed by atoms with E-state index in [1.807, 2.05) is 6.92 Å². The Bertz CT molecular complexity index is 440. The fourth-order valence-electron chi connectivity index (χ4n) is 1.53. The van der Waals surface area contributed by atoms with E-state index in [0.29, 0.717) is 24.0 Å². The summed E-state index contributed by atoms with van der Waals surface area (Å²) in [6.45, 7) is 4.68. The van der Waals surface area contributed by atoms with Gasteiger partial charge in [0.05, 0.1) is 0 Å². The second-order valence-corrected chi connectivity index (χ2v) is 4.29. The van der Waals surface area contributed by atoms with Gasteiger partial charge in [-0.2, -0.15) is 0 Å². The number of amides is 1. The van der Waals surface area contributed by atoms with Crippen LogP contribution in [0.25, 0.3) is 0 Å².